The number of benzene rings is 1. The summed E-state index contributed by atoms with van der Waals surface area (Å²) in [6, 6.07) is 8.09. The quantitative estimate of drug-likeness (QED) is 0.938. The van der Waals surface area contributed by atoms with Crippen molar-refractivity contribution >= 4 is 15.9 Å². The zero-order chi connectivity index (χ0) is 11.5. The largest absolute Gasteiger partial charge is 0.330 e. The average molecular weight is 280 g/mol. The molecule has 4 heteroatoms. The highest BCUT2D eigenvalue weighted by atomic mass is 79.9. The van der Waals surface area contributed by atoms with Gasteiger partial charge in [-0.15, -0.1) is 0 Å². The monoisotopic (exact) mass is 279 g/mol. The van der Waals surface area contributed by atoms with Crippen molar-refractivity contribution < 1.29 is 0 Å². The van der Waals surface area contributed by atoms with E-state index in [9.17, 15) is 0 Å². The van der Waals surface area contributed by atoms with Crippen LogP contribution in [-0.4, -0.2) is 16.3 Å². The van der Waals surface area contributed by atoms with E-state index in [-0.39, 0.29) is 0 Å². The summed E-state index contributed by atoms with van der Waals surface area (Å²) in [5, 5.41) is 4.39. The van der Waals surface area contributed by atoms with Crippen molar-refractivity contribution in [1.82, 2.24) is 9.78 Å². The Hall–Kier alpha value is -1.13. The molecule has 16 heavy (non-hydrogen) atoms. The molecule has 2 rings (SSSR count). The van der Waals surface area contributed by atoms with E-state index in [1.54, 1.807) is 0 Å². The Morgan fingerprint density at radius 1 is 1.44 bits per heavy atom. The van der Waals surface area contributed by atoms with E-state index in [4.69, 9.17) is 5.73 Å². The lowest BCUT2D eigenvalue weighted by Crippen LogP contribution is -2.04. The standard InChI is InChI=1S/C12H14BrN3/c1-9-10(5-6-14)8-15-16(9)12-4-2-3-11(13)7-12/h2-4,7-8H,5-6,14H2,1H3. The normalized spacial score (nSPS) is 10.7. The van der Waals surface area contributed by atoms with Crippen molar-refractivity contribution in [1.29, 1.82) is 0 Å². The molecule has 0 aliphatic carbocycles. The summed E-state index contributed by atoms with van der Waals surface area (Å²) in [5.41, 5.74) is 8.99. The van der Waals surface area contributed by atoms with Crippen LogP contribution >= 0.6 is 15.9 Å². The molecular formula is C12H14BrN3. The predicted octanol–water partition coefficient (Wildman–Crippen LogP) is 2.44. The summed E-state index contributed by atoms with van der Waals surface area (Å²) in [4.78, 5) is 0. The van der Waals surface area contributed by atoms with Crippen molar-refractivity contribution in [2.24, 2.45) is 5.73 Å². The maximum Gasteiger partial charge on any atom is 0.0660 e. The van der Waals surface area contributed by atoms with E-state index in [1.165, 1.54) is 5.56 Å². The lowest BCUT2D eigenvalue weighted by atomic mass is 10.2. The number of nitrogens with zero attached hydrogens (tertiary/aromatic N) is 2. The van der Waals surface area contributed by atoms with Crippen molar-refractivity contribution in [2.75, 3.05) is 6.54 Å². The minimum absolute atomic E-state index is 0.658. The van der Waals surface area contributed by atoms with Crippen LogP contribution in [0.2, 0.25) is 0 Å². The van der Waals surface area contributed by atoms with E-state index in [1.807, 2.05) is 35.1 Å². The maximum atomic E-state index is 5.56. The molecule has 0 fully saturated rings. The van der Waals surface area contributed by atoms with Crippen LogP contribution in [0.5, 0.6) is 0 Å². The minimum Gasteiger partial charge on any atom is -0.330 e. The van der Waals surface area contributed by atoms with E-state index < -0.39 is 0 Å². The molecule has 1 aromatic heterocycles. The molecule has 2 aromatic rings. The van der Waals surface area contributed by atoms with Gasteiger partial charge in [0.2, 0.25) is 0 Å². The Labute approximate surface area is 103 Å². The molecule has 0 radical (unpaired) electrons. The highest BCUT2D eigenvalue weighted by molar-refractivity contribution is 9.10. The highest BCUT2D eigenvalue weighted by Crippen LogP contribution is 2.18. The van der Waals surface area contributed by atoms with Gasteiger partial charge in [0.1, 0.15) is 0 Å². The second-order valence-corrected chi connectivity index (χ2v) is 4.60. The molecule has 0 amide bonds. The summed E-state index contributed by atoms with van der Waals surface area (Å²) in [7, 11) is 0. The van der Waals surface area contributed by atoms with Crippen LogP contribution in [0.15, 0.2) is 34.9 Å². The van der Waals surface area contributed by atoms with E-state index in [0.29, 0.717) is 6.54 Å². The zero-order valence-corrected chi connectivity index (χ0v) is 10.7. The number of nitrogens with two attached hydrogens (primary N) is 1. The summed E-state index contributed by atoms with van der Waals surface area (Å²) >= 11 is 3.46. The van der Waals surface area contributed by atoms with Crippen molar-refractivity contribution in [3.8, 4) is 5.69 Å². The number of hydrogen-bond acceptors (Lipinski definition) is 2. The van der Waals surface area contributed by atoms with Crippen molar-refractivity contribution in [3.63, 3.8) is 0 Å². The summed E-state index contributed by atoms with van der Waals surface area (Å²) in [5.74, 6) is 0. The Kier molecular flexibility index (Phi) is 3.41. The number of rotatable bonds is 3. The zero-order valence-electron chi connectivity index (χ0n) is 9.15. The van der Waals surface area contributed by atoms with Gasteiger partial charge in [0.25, 0.3) is 0 Å². The van der Waals surface area contributed by atoms with E-state index in [0.717, 1.165) is 22.3 Å². The first-order valence-corrected chi connectivity index (χ1v) is 6.01. The smallest absolute Gasteiger partial charge is 0.0660 e. The summed E-state index contributed by atoms with van der Waals surface area (Å²) < 4.78 is 3.00. The van der Waals surface area contributed by atoms with Gasteiger partial charge in [-0.25, -0.2) is 4.68 Å². The third kappa shape index (κ3) is 2.18. The molecule has 1 aromatic carbocycles. The van der Waals surface area contributed by atoms with Crippen LogP contribution < -0.4 is 5.73 Å². The number of hydrogen-bond donors (Lipinski definition) is 1. The van der Waals surface area contributed by atoms with Crippen LogP contribution in [0.1, 0.15) is 11.3 Å². The fourth-order valence-corrected chi connectivity index (χ4v) is 2.10. The molecule has 0 saturated carbocycles. The number of aromatic nitrogens is 2. The molecule has 0 bridgehead atoms. The Morgan fingerprint density at radius 3 is 2.94 bits per heavy atom. The third-order valence-corrected chi connectivity index (χ3v) is 3.07. The lowest BCUT2D eigenvalue weighted by molar-refractivity contribution is 0.841. The van der Waals surface area contributed by atoms with Gasteiger partial charge in [-0.3, -0.25) is 0 Å². The van der Waals surface area contributed by atoms with Gasteiger partial charge >= 0.3 is 0 Å². The molecule has 0 spiro atoms. The Morgan fingerprint density at radius 2 is 2.25 bits per heavy atom. The predicted molar refractivity (Wildman–Crippen MR) is 68.8 cm³/mol. The molecule has 1 heterocycles. The first-order chi connectivity index (χ1) is 7.72. The van der Waals surface area contributed by atoms with E-state index in [2.05, 4.69) is 28.0 Å². The topological polar surface area (TPSA) is 43.8 Å². The molecule has 3 nitrogen and oxygen atoms in total. The van der Waals surface area contributed by atoms with Gasteiger partial charge in [-0.05, 0) is 43.7 Å². The summed E-state index contributed by atoms with van der Waals surface area (Å²) in [6.07, 6.45) is 2.77. The molecule has 2 N–H and O–H groups in total. The molecular weight excluding hydrogens is 266 g/mol. The Bertz CT molecular complexity index is 491. The molecule has 0 atom stereocenters. The average Bonchev–Trinajstić information content (AvgIpc) is 2.61. The van der Waals surface area contributed by atoms with Gasteiger partial charge < -0.3 is 5.73 Å². The van der Waals surface area contributed by atoms with Crippen molar-refractivity contribution in [3.05, 3.63) is 46.2 Å². The summed E-state index contributed by atoms with van der Waals surface area (Å²) in [6.45, 7) is 2.73. The fraction of sp³-hybridized carbons (Fsp3) is 0.250. The SMILES string of the molecule is Cc1c(CCN)cnn1-c1cccc(Br)c1. The molecule has 0 unspecified atom stereocenters. The van der Waals surface area contributed by atoms with Gasteiger partial charge in [0.05, 0.1) is 11.9 Å². The lowest BCUT2D eigenvalue weighted by Gasteiger charge is -2.05. The van der Waals surface area contributed by atoms with Crippen LogP contribution in [-0.2, 0) is 6.42 Å². The van der Waals surface area contributed by atoms with Gasteiger partial charge in [-0.2, -0.15) is 5.10 Å². The Balaban J connectivity index is 2.41. The first-order valence-electron chi connectivity index (χ1n) is 5.22. The van der Waals surface area contributed by atoms with Crippen LogP contribution in [0.3, 0.4) is 0 Å². The van der Waals surface area contributed by atoms with Crippen LogP contribution in [0.25, 0.3) is 5.69 Å². The minimum atomic E-state index is 0.658. The van der Waals surface area contributed by atoms with Crippen LogP contribution in [0, 0.1) is 6.92 Å². The first kappa shape index (κ1) is 11.4. The van der Waals surface area contributed by atoms with Gasteiger partial charge in [0, 0.05) is 10.2 Å². The molecule has 0 aliphatic heterocycles. The maximum absolute atomic E-state index is 5.56. The van der Waals surface area contributed by atoms with Crippen LogP contribution in [0.4, 0.5) is 0 Å². The van der Waals surface area contributed by atoms with Gasteiger partial charge in [0.15, 0.2) is 0 Å². The molecule has 0 aliphatic rings. The third-order valence-electron chi connectivity index (χ3n) is 2.58. The van der Waals surface area contributed by atoms with Gasteiger partial charge in [-0.1, -0.05) is 22.0 Å². The second-order valence-electron chi connectivity index (χ2n) is 3.69. The molecule has 0 saturated heterocycles. The molecule has 84 valence electrons. The fourth-order valence-electron chi connectivity index (χ4n) is 1.71. The number of halogens is 1. The van der Waals surface area contributed by atoms with Crippen molar-refractivity contribution in [2.45, 2.75) is 13.3 Å². The second kappa shape index (κ2) is 4.80. The van der Waals surface area contributed by atoms with E-state index >= 15 is 0 Å². The highest BCUT2D eigenvalue weighted by Gasteiger charge is 2.07.